The van der Waals surface area contributed by atoms with Crippen LogP contribution in [0.15, 0.2) is 12.1 Å². The van der Waals surface area contributed by atoms with Crippen LogP contribution in [-0.2, 0) is 17.9 Å². The zero-order valence-electron chi connectivity index (χ0n) is 11.4. The van der Waals surface area contributed by atoms with Crippen molar-refractivity contribution in [3.63, 3.8) is 0 Å². The maximum Gasteiger partial charge on any atom is 0.231 e. The Balaban J connectivity index is 2.15. The highest BCUT2D eigenvalue weighted by Crippen LogP contribution is 2.37. The second kappa shape index (κ2) is 5.09. The first-order chi connectivity index (χ1) is 8.93. The van der Waals surface area contributed by atoms with Crippen molar-refractivity contribution in [3.05, 3.63) is 23.3 Å². The van der Waals surface area contributed by atoms with Crippen molar-refractivity contribution in [2.45, 2.75) is 33.9 Å². The lowest BCUT2D eigenvalue weighted by atomic mass is 9.95. The summed E-state index contributed by atoms with van der Waals surface area (Å²) in [4.78, 5) is 11.8. The number of carbonyl (C=O) groups excluding carboxylic acids is 1. The summed E-state index contributed by atoms with van der Waals surface area (Å²) >= 11 is 0. The van der Waals surface area contributed by atoms with Crippen LogP contribution in [0.4, 0.5) is 0 Å². The minimum absolute atomic E-state index is 0.0333. The molecule has 0 saturated carbocycles. The second-order valence-corrected chi connectivity index (χ2v) is 5.53. The average Bonchev–Trinajstić information content (AvgIpc) is 2.82. The molecule has 0 unspecified atom stereocenters. The highest BCUT2D eigenvalue weighted by atomic mass is 16.7. The number of amides is 1. The van der Waals surface area contributed by atoms with Crippen LogP contribution in [0.1, 0.15) is 31.9 Å². The third kappa shape index (κ3) is 2.81. The van der Waals surface area contributed by atoms with Gasteiger partial charge in [0.2, 0.25) is 12.7 Å². The fourth-order valence-electron chi connectivity index (χ4n) is 1.85. The number of fused-ring (bicyclic) bond motifs is 1. The molecule has 1 aliphatic rings. The van der Waals surface area contributed by atoms with Gasteiger partial charge >= 0.3 is 0 Å². The number of hydrogen-bond donors (Lipinski definition) is 2. The van der Waals surface area contributed by atoms with E-state index in [-0.39, 0.29) is 19.3 Å². The fourth-order valence-corrected chi connectivity index (χ4v) is 1.85. The molecule has 0 aromatic heterocycles. The van der Waals surface area contributed by atoms with E-state index in [2.05, 4.69) is 5.32 Å². The molecule has 0 bridgehead atoms. The van der Waals surface area contributed by atoms with Gasteiger partial charge in [-0.3, -0.25) is 4.79 Å². The number of carbonyl (C=O) groups is 1. The monoisotopic (exact) mass is 265 g/mol. The van der Waals surface area contributed by atoms with Crippen molar-refractivity contribution in [2.75, 3.05) is 6.79 Å². The van der Waals surface area contributed by atoms with Gasteiger partial charge in [0, 0.05) is 17.5 Å². The van der Waals surface area contributed by atoms with E-state index in [0.717, 1.165) is 5.56 Å². The highest BCUT2D eigenvalue weighted by molar-refractivity contribution is 5.81. The zero-order chi connectivity index (χ0) is 14.0. The lowest BCUT2D eigenvalue weighted by Crippen LogP contribution is -2.34. The van der Waals surface area contributed by atoms with Crippen molar-refractivity contribution in [2.24, 2.45) is 5.41 Å². The van der Waals surface area contributed by atoms with Crippen molar-refractivity contribution in [1.82, 2.24) is 5.32 Å². The first-order valence-corrected chi connectivity index (χ1v) is 6.23. The van der Waals surface area contributed by atoms with E-state index >= 15 is 0 Å². The fraction of sp³-hybridized carbons (Fsp3) is 0.500. The Bertz CT molecular complexity index is 491. The van der Waals surface area contributed by atoms with Crippen molar-refractivity contribution >= 4 is 5.91 Å². The van der Waals surface area contributed by atoms with E-state index in [9.17, 15) is 9.90 Å². The van der Waals surface area contributed by atoms with E-state index in [1.54, 1.807) is 6.07 Å². The van der Waals surface area contributed by atoms with E-state index in [4.69, 9.17) is 9.47 Å². The van der Waals surface area contributed by atoms with Gasteiger partial charge in [-0.15, -0.1) is 0 Å². The number of hydrogen-bond acceptors (Lipinski definition) is 4. The Morgan fingerprint density at radius 2 is 2.11 bits per heavy atom. The molecule has 1 aromatic rings. The number of nitrogens with one attached hydrogen (secondary N) is 1. The minimum Gasteiger partial charge on any atom is -0.454 e. The van der Waals surface area contributed by atoms with Gasteiger partial charge in [0.1, 0.15) is 0 Å². The maximum atomic E-state index is 11.8. The smallest absolute Gasteiger partial charge is 0.231 e. The van der Waals surface area contributed by atoms with Gasteiger partial charge in [-0.05, 0) is 11.6 Å². The molecule has 19 heavy (non-hydrogen) atoms. The molecule has 1 aromatic carbocycles. The molecule has 0 aliphatic carbocycles. The largest absolute Gasteiger partial charge is 0.454 e. The predicted octanol–water partition coefficient (Wildman–Crippen LogP) is 1.57. The van der Waals surface area contributed by atoms with Gasteiger partial charge in [0.05, 0.1) is 6.61 Å². The lowest BCUT2D eigenvalue weighted by molar-refractivity contribution is -0.128. The first-order valence-electron chi connectivity index (χ1n) is 6.23. The number of aliphatic hydroxyl groups excluding tert-OH is 1. The standard InChI is InChI=1S/C14H19NO4/c1-14(2,3)13(17)15-6-9-4-5-11-12(10(9)7-16)19-8-18-11/h4-5,16H,6-8H2,1-3H3,(H,15,17). The predicted molar refractivity (Wildman–Crippen MR) is 69.8 cm³/mol. The molecule has 1 amide bonds. The molecule has 0 spiro atoms. The molecule has 5 nitrogen and oxygen atoms in total. The van der Waals surface area contributed by atoms with Crippen molar-refractivity contribution in [3.8, 4) is 11.5 Å². The molecule has 0 radical (unpaired) electrons. The van der Waals surface area contributed by atoms with Gasteiger partial charge in [-0.1, -0.05) is 26.8 Å². The Morgan fingerprint density at radius 3 is 2.74 bits per heavy atom. The van der Waals surface area contributed by atoms with Crippen molar-refractivity contribution in [1.29, 1.82) is 0 Å². The lowest BCUT2D eigenvalue weighted by Gasteiger charge is -2.18. The van der Waals surface area contributed by atoms with E-state index in [1.807, 2.05) is 26.8 Å². The van der Waals surface area contributed by atoms with Crippen molar-refractivity contribution < 1.29 is 19.4 Å². The summed E-state index contributed by atoms with van der Waals surface area (Å²) in [5, 5.41) is 12.3. The van der Waals surface area contributed by atoms with Crippen LogP contribution in [0, 0.1) is 5.41 Å². The maximum absolute atomic E-state index is 11.8. The quantitative estimate of drug-likeness (QED) is 0.870. The zero-order valence-corrected chi connectivity index (χ0v) is 11.4. The molecule has 0 saturated heterocycles. The first kappa shape index (κ1) is 13.7. The summed E-state index contributed by atoms with van der Waals surface area (Å²) in [5.41, 5.74) is 1.07. The third-order valence-electron chi connectivity index (χ3n) is 3.02. The van der Waals surface area contributed by atoms with E-state index in [1.165, 1.54) is 0 Å². The Morgan fingerprint density at radius 1 is 1.37 bits per heavy atom. The normalized spacial score (nSPS) is 13.5. The number of rotatable bonds is 3. The summed E-state index contributed by atoms with van der Waals surface area (Å²) in [6, 6.07) is 3.63. The Hall–Kier alpha value is -1.75. The molecular formula is C14H19NO4. The van der Waals surface area contributed by atoms with Crippen LogP contribution in [-0.4, -0.2) is 17.8 Å². The van der Waals surface area contributed by atoms with Crippen LogP contribution in [0.5, 0.6) is 11.5 Å². The summed E-state index contributed by atoms with van der Waals surface area (Å²) in [7, 11) is 0. The molecule has 2 rings (SSSR count). The van der Waals surface area contributed by atoms with Crippen LogP contribution in [0.3, 0.4) is 0 Å². The van der Waals surface area contributed by atoms with Gasteiger partial charge in [0.25, 0.3) is 0 Å². The molecule has 1 aliphatic heterocycles. The molecular weight excluding hydrogens is 246 g/mol. The van der Waals surface area contributed by atoms with E-state index < -0.39 is 5.41 Å². The molecule has 2 N–H and O–H groups in total. The van der Waals surface area contributed by atoms with Gasteiger partial charge in [-0.2, -0.15) is 0 Å². The summed E-state index contributed by atoms with van der Waals surface area (Å²) in [6.45, 7) is 5.95. The topological polar surface area (TPSA) is 67.8 Å². The molecule has 1 heterocycles. The Kier molecular flexibility index (Phi) is 3.66. The summed E-state index contributed by atoms with van der Waals surface area (Å²) < 4.78 is 10.6. The van der Waals surface area contributed by atoms with Crippen LogP contribution >= 0.6 is 0 Å². The number of benzene rings is 1. The second-order valence-electron chi connectivity index (χ2n) is 5.53. The van der Waals surface area contributed by atoms with Gasteiger partial charge in [-0.25, -0.2) is 0 Å². The summed E-state index contributed by atoms with van der Waals surface area (Å²) in [6.07, 6.45) is 0. The summed E-state index contributed by atoms with van der Waals surface area (Å²) in [5.74, 6) is 1.18. The molecule has 104 valence electrons. The minimum atomic E-state index is -0.435. The SMILES string of the molecule is CC(C)(C)C(=O)NCc1ccc2c(c1CO)OCO2. The molecule has 0 atom stereocenters. The molecule has 5 heteroatoms. The Labute approximate surface area is 112 Å². The molecule has 0 fully saturated rings. The van der Waals surface area contributed by atoms with Crippen LogP contribution in [0.2, 0.25) is 0 Å². The van der Waals surface area contributed by atoms with Crippen LogP contribution < -0.4 is 14.8 Å². The average molecular weight is 265 g/mol. The number of aliphatic hydroxyl groups is 1. The van der Waals surface area contributed by atoms with Crippen LogP contribution in [0.25, 0.3) is 0 Å². The number of ether oxygens (including phenoxy) is 2. The van der Waals surface area contributed by atoms with Gasteiger partial charge in [0.15, 0.2) is 11.5 Å². The highest BCUT2D eigenvalue weighted by Gasteiger charge is 2.23. The van der Waals surface area contributed by atoms with Gasteiger partial charge < -0.3 is 19.9 Å². The van der Waals surface area contributed by atoms with E-state index in [0.29, 0.717) is 23.6 Å². The third-order valence-corrected chi connectivity index (χ3v) is 3.02.